The van der Waals surface area contributed by atoms with Crippen LogP contribution in [-0.4, -0.2) is 48.2 Å². The van der Waals surface area contributed by atoms with Gasteiger partial charge in [0.05, 0.1) is 25.0 Å². The molecule has 7 nitrogen and oxygen atoms in total. The third-order valence-electron chi connectivity index (χ3n) is 4.93. The average Bonchev–Trinajstić information content (AvgIpc) is 2.77. The van der Waals surface area contributed by atoms with E-state index < -0.39 is 12.0 Å². The fourth-order valence-electron chi connectivity index (χ4n) is 3.17. The Labute approximate surface area is 190 Å². The predicted octanol–water partition coefficient (Wildman–Crippen LogP) is 2.55. The summed E-state index contributed by atoms with van der Waals surface area (Å²) in [5.74, 6) is -1.91. The van der Waals surface area contributed by atoms with Gasteiger partial charge in [-0.2, -0.15) is 0 Å². The number of amides is 2. The topological polar surface area (TPSA) is 105 Å². The van der Waals surface area contributed by atoms with E-state index in [2.05, 4.69) is 23.8 Å². The first-order chi connectivity index (χ1) is 15.3. The maximum atomic E-state index is 12.6. The van der Waals surface area contributed by atoms with Crippen molar-refractivity contribution in [1.82, 2.24) is 10.6 Å². The van der Waals surface area contributed by atoms with Crippen molar-refractivity contribution in [2.75, 3.05) is 13.2 Å². The van der Waals surface area contributed by atoms with Crippen molar-refractivity contribution in [1.29, 1.82) is 0 Å². The lowest BCUT2D eigenvalue weighted by Gasteiger charge is -2.21. The van der Waals surface area contributed by atoms with Gasteiger partial charge in [0.1, 0.15) is 6.10 Å². The first-order valence-corrected chi connectivity index (χ1v) is 10.9. The maximum absolute atomic E-state index is 12.6. The maximum Gasteiger partial charge on any atom is 0.309 e. The number of ether oxygens (including phenoxy) is 1. The first-order valence-electron chi connectivity index (χ1n) is 10.9. The lowest BCUT2D eigenvalue weighted by atomic mass is 9.96. The van der Waals surface area contributed by atoms with E-state index in [0.29, 0.717) is 19.3 Å². The summed E-state index contributed by atoms with van der Waals surface area (Å²) in [7, 11) is 0. The van der Waals surface area contributed by atoms with Gasteiger partial charge in [-0.1, -0.05) is 42.5 Å². The van der Waals surface area contributed by atoms with E-state index in [1.165, 1.54) is 0 Å². The number of esters is 1. The molecule has 1 rings (SSSR count). The van der Waals surface area contributed by atoms with E-state index in [4.69, 9.17) is 9.84 Å². The first kappa shape index (κ1) is 27.1. The molecular formula is C25H36N2O5. The van der Waals surface area contributed by atoms with E-state index in [1.54, 1.807) is 26.0 Å². The van der Waals surface area contributed by atoms with Crippen molar-refractivity contribution >= 4 is 17.8 Å². The predicted molar refractivity (Wildman–Crippen MR) is 125 cm³/mol. The van der Waals surface area contributed by atoms with E-state index in [9.17, 15) is 14.4 Å². The zero-order chi connectivity index (χ0) is 23.9. The Bertz CT molecular complexity index is 750. The van der Waals surface area contributed by atoms with Crippen molar-refractivity contribution in [2.24, 2.45) is 11.8 Å². The van der Waals surface area contributed by atoms with E-state index in [1.807, 2.05) is 30.3 Å². The van der Waals surface area contributed by atoms with Crippen molar-refractivity contribution in [2.45, 2.75) is 51.7 Å². The SMILES string of the molecule is C=CC[C@H](CC(=O)N[C@H](C)CO)C(=O)NC[C@H](C)OC(=O)[C@@H](CC=C)Cc1ccccc1. The molecule has 1 aromatic rings. The molecule has 3 N–H and O–H groups in total. The van der Waals surface area contributed by atoms with Crippen LogP contribution in [0.25, 0.3) is 0 Å². The minimum Gasteiger partial charge on any atom is -0.461 e. The molecule has 0 radical (unpaired) electrons. The van der Waals surface area contributed by atoms with Gasteiger partial charge in [-0.15, -0.1) is 13.2 Å². The zero-order valence-electron chi connectivity index (χ0n) is 19.1. The van der Waals surface area contributed by atoms with Gasteiger partial charge in [-0.3, -0.25) is 14.4 Å². The van der Waals surface area contributed by atoms with Crippen LogP contribution in [0.3, 0.4) is 0 Å². The van der Waals surface area contributed by atoms with Gasteiger partial charge in [0, 0.05) is 12.5 Å². The fourth-order valence-corrected chi connectivity index (χ4v) is 3.17. The van der Waals surface area contributed by atoms with Gasteiger partial charge in [0.15, 0.2) is 0 Å². The van der Waals surface area contributed by atoms with Crippen molar-refractivity contribution in [3.05, 3.63) is 61.2 Å². The van der Waals surface area contributed by atoms with Gasteiger partial charge >= 0.3 is 5.97 Å². The molecule has 0 fully saturated rings. The number of carbonyl (C=O) groups is 3. The fraction of sp³-hybridized carbons (Fsp3) is 0.480. The summed E-state index contributed by atoms with van der Waals surface area (Å²) in [4.78, 5) is 37.2. The van der Waals surface area contributed by atoms with Crippen LogP contribution >= 0.6 is 0 Å². The average molecular weight is 445 g/mol. The van der Waals surface area contributed by atoms with E-state index in [-0.39, 0.29) is 49.3 Å². The van der Waals surface area contributed by atoms with Crippen molar-refractivity contribution in [3.8, 4) is 0 Å². The molecule has 32 heavy (non-hydrogen) atoms. The van der Waals surface area contributed by atoms with Gasteiger partial charge in [-0.05, 0) is 38.7 Å². The molecule has 0 aliphatic heterocycles. The number of hydrogen-bond acceptors (Lipinski definition) is 5. The second kappa shape index (κ2) is 15.0. The highest BCUT2D eigenvalue weighted by atomic mass is 16.5. The number of rotatable bonds is 15. The summed E-state index contributed by atoms with van der Waals surface area (Å²) in [5.41, 5.74) is 1.04. The highest BCUT2D eigenvalue weighted by Gasteiger charge is 2.24. The largest absolute Gasteiger partial charge is 0.461 e. The summed E-state index contributed by atoms with van der Waals surface area (Å²) < 4.78 is 5.55. The highest BCUT2D eigenvalue weighted by Crippen LogP contribution is 2.16. The van der Waals surface area contributed by atoms with Gasteiger partial charge in [0.2, 0.25) is 11.8 Å². The third-order valence-corrected chi connectivity index (χ3v) is 4.93. The Kier molecular flexibility index (Phi) is 12.7. The van der Waals surface area contributed by atoms with E-state index in [0.717, 1.165) is 5.56 Å². The molecule has 176 valence electrons. The smallest absolute Gasteiger partial charge is 0.309 e. The number of carbonyl (C=O) groups excluding carboxylic acids is 3. The van der Waals surface area contributed by atoms with Gasteiger partial charge in [-0.25, -0.2) is 0 Å². The van der Waals surface area contributed by atoms with Crippen LogP contribution in [0.15, 0.2) is 55.6 Å². The van der Waals surface area contributed by atoms with Gasteiger partial charge < -0.3 is 20.5 Å². The number of benzene rings is 1. The Morgan fingerprint density at radius 1 is 1.06 bits per heavy atom. The molecule has 1 aromatic carbocycles. The van der Waals surface area contributed by atoms with Crippen LogP contribution in [0.4, 0.5) is 0 Å². The second-order valence-electron chi connectivity index (χ2n) is 7.98. The summed E-state index contributed by atoms with van der Waals surface area (Å²) in [5, 5.41) is 14.4. The van der Waals surface area contributed by atoms with Crippen LogP contribution in [0.2, 0.25) is 0 Å². The molecule has 2 amide bonds. The van der Waals surface area contributed by atoms with E-state index >= 15 is 0 Å². The Morgan fingerprint density at radius 2 is 1.69 bits per heavy atom. The summed E-state index contributed by atoms with van der Waals surface area (Å²) in [6, 6.07) is 9.32. The minimum absolute atomic E-state index is 0.0190. The normalized spacial score (nSPS) is 14.3. The monoisotopic (exact) mass is 444 g/mol. The third kappa shape index (κ3) is 10.4. The summed E-state index contributed by atoms with van der Waals surface area (Å²) >= 11 is 0. The van der Waals surface area contributed by atoms with Crippen LogP contribution in [0.5, 0.6) is 0 Å². The van der Waals surface area contributed by atoms with Crippen molar-refractivity contribution < 1.29 is 24.2 Å². The highest BCUT2D eigenvalue weighted by molar-refractivity contribution is 5.86. The molecule has 7 heteroatoms. The lowest BCUT2D eigenvalue weighted by molar-refractivity contribution is -0.153. The molecule has 0 spiro atoms. The Hall–Kier alpha value is -2.93. The summed E-state index contributed by atoms with van der Waals surface area (Å²) in [6.07, 6.45) is 4.11. The number of aliphatic hydroxyl groups is 1. The quantitative estimate of drug-likeness (QED) is 0.285. The molecule has 0 unspecified atom stereocenters. The molecule has 0 aromatic heterocycles. The van der Waals surface area contributed by atoms with Crippen LogP contribution < -0.4 is 10.6 Å². The molecule has 0 bridgehead atoms. The Morgan fingerprint density at radius 3 is 2.28 bits per heavy atom. The molecule has 4 atom stereocenters. The lowest BCUT2D eigenvalue weighted by Crippen LogP contribution is -2.41. The molecule has 0 heterocycles. The van der Waals surface area contributed by atoms with Gasteiger partial charge in [0.25, 0.3) is 0 Å². The zero-order valence-corrected chi connectivity index (χ0v) is 19.1. The molecule has 0 saturated heterocycles. The number of nitrogens with one attached hydrogen (secondary N) is 2. The number of aliphatic hydroxyl groups excluding tert-OH is 1. The van der Waals surface area contributed by atoms with Crippen LogP contribution in [0, 0.1) is 11.8 Å². The molecule has 0 saturated carbocycles. The molecule has 0 aliphatic carbocycles. The molecular weight excluding hydrogens is 408 g/mol. The second-order valence-corrected chi connectivity index (χ2v) is 7.98. The number of hydrogen-bond donors (Lipinski definition) is 3. The van der Waals surface area contributed by atoms with Crippen LogP contribution in [-0.2, 0) is 25.5 Å². The van der Waals surface area contributed by atoms with Crippen LogP contribution in [0.1, 0.15) is 38.7 Å². The molecule has 0 aliphatic rings. The minimum atomic E-state index is -0.590. The van der Waals surface area contributed by atoms with Crippen molar-refractivity contribution in [3.63, 3.8) is 0 Å². The standard InChI is InChI=1S/C25H36N2O5/c1-5-10-21(15-23(29)27-18(3)17-28)24(30)26-16-19(4)32-25(31)22(11-6-2)14-20-12-8-7-9-13-20/h5-9,12-13,18-19,21-22,28H,1-2,10-11,14-17H2,3-4H3,(H,26,30)(H,27,29)/t18-,19+,21-,22+/m1/s1. The summed E-state index contributed by atoms with van der Waals surface area (Å²) in [6.45, 7) is 10.7. The number of allylic oxidation sites excluding steroid dienone is 2. The Balaban J connectivity index is 2.57.